The molecule has 86 valence electrons. The van der Waals surface area contributed by atoms with E-state index >= 15 is 0 Å². The fraction of sp³-hybridized carbons (Fsp3) is 0.267. The molecule has 1 aliphatic rings. The zero-order valence-electron chi connectivity index (χ0n) is 9.94. The minimum atomic E-state index is -0.192. The molecule has 2 aromatic rings. The van der Waals surface area contributed by atoms with Crippen LogP contribution in [0.5, 0.6) is 0 Å². The Bertz CT molecular complexity index is 601. The van der Waals surface area contributed by atoms with Gasteiger partial charge >= 0.3 is 5.97 Å². The summed E-state index contributed by atoms with van der Waals surface area (Å²) in [5.41, 5.74) is 1.85. The van der Waals surface area contributed by atoms with Gasteiger partial charge in [0.05, 0.1) is 5.56 Å². The van der Waals surface area contributed by atoms with Crippen LogP contribution in [0.2, 0.25) is 0 Å². The fourth-order valence-corrected chi connectivity index (χ4v) is 2.48. The first-order valence-corrected chi connectivity index (χ1v) is 5.91. The average molecular weight is 226 g/mol. The molecule has 0 fully saturated rings. The Hall–Kier alpha value is -1.83. The molecule has 1 aliphatic heterocycles. The Labute approximate surface area is 100 Å². The van der Waals surface area contributed by atoms with Crippen LogP contribution in [0.25, 0.3) is 10.8 Å². The highest BCUT2D eigenvalue weighted by Gasteiger charge is 2.31. The molecule has 0 amide bonds. The second-order valence-corrected chi connectivity index (χ2v) is 4.65. The van der Waals surface area contributed by atoms with E-state index in [2.05, 4.69) is 19.1 Å². The Morgan fingerprint density at radius 1 is 1.06 bits per heavy atom. The zero-order chi connectivity index (χ0) is 12.0. The summed E-state index contributed by atoms with van der Waals surface area (Å²) < 4.78 is 5.39. The Kier molecular flexibility index (Phi) is 2.18. The third-order valence-electron chi connectivity index (χ3n) is 3.65. The van der Waals surface area contributed by atoms with Gasteiger partial charge in [0, 0.05) is 5.92 Å². The van der Waals surface area contributed by atoms with Crippen molar-refractivity contribution in [3.8, 4) is 0 Å². The van der Waals surface area contributed by atoms with E-state index in [0.717, 1.165) is 21.9 Å². The van der Waals surface area contributed by atoms with Crippen LogP contribution in [0.1, 0.15) is 35.7 Å². The van der Waals surface area contributed by atoms with Crippen LogP contribution in [0.15, 0.2) is 36.4 Å². The van der Waals surface area contributed by atoms with Gasteiger partial charge in [-0.1, -0.05) is 43.3 Å². The van der Waals surface area contributed by atoms with Crippen molar-refractivity contribution in [2.24, 2.45) is 0 Å². The lowest BCUT2D eigenvalue weighted by atomic mass is 9.86. The third kappa shape index (κ3) is 1.44. The number of hydrogen-bond acceptors (Lipinski definition) is 2. The van der Waals surface area contributed by atoms with Crippen LogP contribution in [-0.4, -0.2) is 12.1 Å². The quantitative estimate of drug-likeness (QED) is 0.643. The molecule has 17 heavy (non-hydrogen) atoms. The highest BCUT2D eigenvalue weighted by atomic mass is 16.5. The summed E-state index contributed by atoms with van der Waals surface area (Å²) in [7, 11) is 0. The second-order valence-electron chi connectivity index (χ2n) is 4.65. The van der Waals surface area contributed by atoms with Crippen molar-refractivity contribution < 1.29 is 9.53 Å². The summed E-state index contributed by atoms with van der Waals surface area (Å²) in [5, 5.41) is 2.08. The average Bonchev–Trinajstić information content (AvgIpc) is 2.35. The molecule has 2 nitrogen and oxygen atoms in total. The molecule has 2 atom stereocenters. The van der Waals surface area contributed by atoms with E-state index in [1.54, 1.807) is 0 Å². The maximum Gasteiger partial charge on any atom is 0.339 e. The Morgan fingerprint density at radius 2 is 1.82 bits per heavy atom. The van der Waals surface area contributed by atoms with Crippen LogP contribution >= 0.6 is 0 Å². The number of rotatable bonds is 0. The summed E-state index contributed by atoms with van der Waals surface area (Å²) in [6.07, 6.45) is -0.0452. The first-order valence-electron chi connectivity index (χ1n) is 5.91. The van der Waals surface area contributed by atoms with Gasteiger partial charge in [-0.15, -0.1) is 0 Å². The zero-order valence-corrected chi connectivity index (χ0v) is 9.94. The van der Waals surface area contributed by atoms with Gasteiger partial charge in [-0.05, 0) is 23.3 Å². The molecule has 2 aromatic carbocycles. The van der Waals surface area contributed by atoms with Crippen LogP contribution in [0.4, 0.5) is 0 Å². The lowest BCUT2D eigenvalue weighted by molar-refractivity contribution is 0.0244. The number of carbonyl (C=O) groups is 1. The molecule has 1 heterocycles. The Balaban J connectivity index is 2.36. The van der Waals surface area contributed by atoms with E-state index in [4.69, 9.17) is 4.74 Å². The van der Waals surface area contributed by atoms with Crippen molar-refractivity contribution >= 4 is 16.7 Å². The molecule has 0 bridgehead atoms. The Morgan fingerprint density at radius 3 is 2.65 bits per heavy atom. The molecule has 0 saturated carbocycles. The van der Waals surface area contributed by atoms with Crippen LogP contribution in [0, 0.1) is 0 Å². The largest absolute Gasteiger partial charge is 0.458 e. The first-order chi connectivity index (χ1) is 8.18. The molecule has 0 aromatic heterocycles. The topological polar surface area (TPSA) is 26.3 Å². The van der Waals surface area contributed by atoms with E-state index < -0.39 is 0 Å². The van der Waals surface area contributed by atoms with E-state index in [9.17, 15) is 4.79 Å². The summed E-state index contributed by atoms with van der Waals surface area (Å²) in [6.45, 7) is 4.05. The molecular weight excluding hydrogens is 212 g/mol. The van der Waals surface area contributed by atoms with Crippen molar-refractivity contribution in [2.45, 2.75) is 25.9 Å². The maximum atomic E-state index is 12.0. The highest BCUT2D eigenvalue weighted by Crippen LogP contribution is 2.35. The van der Waals surface area contributed by atoms with Crippen molar-refractivity contribution in [3.05, 3.63) is 47.5 Å². The van der Waals surface area contributed by atoms with Crippen LogP contribution < -0.4 is 0 Å². The molecule has 0 saturated heterocycles. The monoisotopic (exact) mass is 226 g/mol. The third-order valence-corrected chi connectivity index (χ3v) is 3.65. The van der Waals surface area contributed by atoms with Gasteiger partial charge in [0.15, 0.2) is 0 Å². The fourth-order valence-electron chi connectivity index (χ4n) is 2.48. The van der Waals surface area contributed by atoms with E-state index in [1.807, 2.05) is 31.2 Å². The minimum Gasteiger partial charge on any atom is -0.458 e. The first kappa shape index (κ1) is 10.3. The molecule has 0 unspecified atom stereocenters. The van der Waals surface area contributed by atoms with Gasteiger partial charge in [-0.2, -0.15) is 0 Å². The number of carbonyl (C=O) groups excluding carboxylic acids is 1. The summed E-state index contributed by atoms with van der Waals surface area (Å²) in [4.78, 5) is 12.0. The van der Waals surface area contributed by atoms with Gasteiger partial charge in [-0.3, -0.25) is 0 Å². The van der Waals surface area contributed by atoms with Gasteiger partial charge in [0.25, 0.3) is 0 Å². The standard InChI is InChI=1S/C15H14O2/c1-9-10(2)17-15(16)14-12(9)8-7-11-5-3-4-6-13(11)14/h3-10H,1-2H3/t9-,10+/m1/s1. The lowest BCUT2D eigenvalue weighted by Crippen LogP contribution is -2.28. The van der Waals surface area contributed by atoms with Crippen molar-refractivity contribution in [1.29, 1.82) is 0 Å². The smallest absolute Gasteiger partial charge is 0.339 e. The number of cyclic esters (lactones) is 1. The number of esters is 1. The van der Waals surface area contributed by atoms with E-state index in [0.29, 0.717) is 0 Å². The van der Waals surface area contributed by atoms with Gasteiger partial charge in [0.2, 0.25) is 0 Å². The van der Waals surface area contributed by atoms with Crippen LogP contribution in [-0.2, 0) is 4.74 Å². The number of benzene rings is 2. The molecular formula is C15H14O2. The minimum absolute atomic E-state index is 0.0452. The molecule has 0 radical (unpaired) electrons. The van der Waals surface area contributed by atoms with Gasteiger partial charge in [-0.25, -0.2) is 4.79 Å². The number of ether oxygens (including phenoxy) is 1. The maximum absolute atomic E-state index is 12.0. The molecule has 0 spiro atoms. The summed E-state index contributed by atoms with van der Waals surface area (Å²) in [5.74, 6) is 0.0645. The summed E-state index contributed by atoms with van der Waals surface area (Å²) in [6, 6.07) is 12.1. The lowest BCUT2D eigenvalue weighted by Gasteiger charge is -2.29. The number of fused-ring (bicyclic) bond motifs is 3. The predicted molar refractivity (Wildman–Crippen MR) is 67.2 cm³/mol. The summed E-state index contributed by atoms with van der Waals surface area (Å²) >= 11 is 0. The van der Waals surface area contributed by atoms with Crippen molar-refractivity contribution in [1.82, 2.24) is 0 Å². The molecule has 2 heteroatoms. The highest BCUT2D eigenvalue weighted by molar-refractivity contribution is 6.06. The van der Waals surface area contributed by atoms with E-state index in [1.165, 1.54) is 0 Å². The van der Waals surface area contributed by atoms with Crippen LogP contribution in [0.3, 0.4) is 0 Å². The van der Waals surface area contributed by atoms with Gasteiger partial charge < -0.3 is 4.74 Å². The molecule has 0 aliphatic carbocycles. The van der Waals surface area contributed by atoms with E-state index in [-0.39, 0.29) is 18.0 Å². The predicted octanol–water partition coefficient (Wildman–Crippen LogP) is 3.50. The normalized spacial score (nSPS) is 23.3. The van der Waals surface area contributed by atoms with Crippen molar-refractivity contribution in [2.75, 3.05) is 0 Å². The molecule has 3 rings (SSSR count). The second kappa shape index (κ2) is 3.59. The van der Waals surface area contributed by atoms with Gasteiger partial charge in [0.1, 0.15) is 6.10 Å². The SMILES string of the molecule is C[C@@H]1OC(=O)c2c(ccc3ccccc23)[C@@H]1C. The number of hydrogen-bond donors (Lipinski definition) is 0. The molecule has 0 N–H and O–H groups in total. The van der Waals surface area contributed by atoms with Crippen molar-refractivity contribution in [3.63, 3.8) is 0 Å².